The number of likely N-dealkylation sites (N-methyl/N-ethyl adjacent to an activating group) is 1. The van der Waals surface area contributed by atoms with Gasteiger partial charge < -0.3 is 20.3 Å². The number of benzene rings is 2. The molecule has 29 heavy (non-hydrogen) atoms. The van der Waals surface area contributed by atoms with E-state index >= 15 is 0 Å². The quantitative estimate of drug-likeness (QED) is 0.751. The van der Waals surface area contributed by atoms with Crippen molar-refractivity contribution < 1.29 is 18.7 Å². The number of halogens is 1. The average molecular weight is 399 g/mol. The molecule has 0 bridgehead atoms. The topological polar surface area (TPSA) is 70.7 Å². The number of nitrogens with zero attached hydrogens (tertiary/aromatic N) is 1. The highest BCUT2D eigenvalue weighted by molar-refractivity contribution is 5.98. The van der Waals surface area contributed by atoms with Crippen molar-refractivity contribution in [2.24, 2.45) is 0 Å². The van der Waals surface area contributed by atoms with E-state index in [0.29, 0.717) is 30.8 Å². The van der Waals surface area contributed by atoms with Gasteiger partial charge in [-0.15, -0.1) is 0 Å². The Morgan fingerprint density at radius 1 is 1.21 bits per heavy atom. The van der Waals surface area contributed by atoms with Crippen LogP contribution in [0.25, 0.3) is 0 Å². The smallest absolute Gasteiger partial charge is 0.253 e. The lowest BCUT2D eigenvalue weighted by Crippen LogP contribution is -2.34. The van der Waals surface area contributed by atoms with Crippen LogP contribution in [0.15, 0.2) is 48.5 Å². The van der Waals surface area contributed by atoms with Crippen molar-refractivity contribution in [2.45, 2.75) is 25.0 Å². The van der Waals surface area contributed by atoms with E-state index in [1.54, 1.807) is 30.3 Å². The number of rotatable bonds is 7. The Morgan fingerprint density at radius 2 is 2.00 bits per heavy atom. The van der Waals surface area contributed by atoms with Crippen LogP contribution in [0.3, 0.4) is 0 Å². The summed E-state index contributed by atoms with van der Waals surface area (Å²) in [6.45, 7) is 0.917. The summed E-state index contributed by atoms with van der Waals surface area (Å²) in [5.41, 5.74) is 1.77. The zero-order chi connectivity index (χ0) is 20.8. The van der Waals surface area contributed by atoms with E-state index in [2.05, 4.69) is 10.6 Å². The van der Waals surface area contributed by atoms with Gasteiger partial charge in [0.05, 0.1) is 6.04 Å². The summed E-state index contributed by atoms with van der Waals surface area (Å²) in [6.07, 6.45) is 1.15. The highest BCUT2D eigenvalue weighted by atomic mass is 19.1. The molecule has 2 N–H and O–H groups in total. The number of anilines is 1. The van der Waals surface area contributed by atoms with Gasteiger partial charge in [0.25, 0.3) is 11.8 Å². The summed E-state index contributed by atoms with van der Waals surface area (Å²) in [6, 6.07) is 13.0. The van der Waals surface area contributed by atoms with Gasteiger partial charge in [0.2, 0.25) is 0 Å². The predicted molar refractivity (Wildman–Crippen MR) is 109 cm³/mol. The number of amides is 2. The minimum atomic E-state index is -0.431. The lowest BCUT2D eigenvalue weighted by molar-refractivity contribution is -0.124. The first kappa shape index (κ1) is 21.0. The molecular formula is C22H26FN3O3. The van der Waals surface area contributed by atoms with Crippen LogP contribution in [0, 0.1) is 5.82 Å². The van der Waals surface area contributed by atoms with Crippen molar-refractivity contribution in [2.75, 3.05) is 32.6 Å². The number of carbonyl (C=O) groups excluding carboxylic acids is 2. The van der Waals surface area contributed by atoms with Crippen molar-refractivity contribution in [3.8, 4) is 0 Å². The molecule has 154 valence electrons. The SMILES string of the molecule is CN(C)C(CNC(=O)c1cccc(NC(=O)C2CCCO2)c1)c1cccc(F)c1. The Labute approximate surface area is 170 Å². The van der Waals surface area contributed by atoms with Gasteiger partial charge in [0, 0.05) is 24.4 Å². The third kappa shape index (κ3) is 5.62. The molecule has 2 aromatic rings. The van der Waals surface area contributed by atoms with Gasteiger partial charge in [0.15, 0.2) is 0 Å². The number of carbonyl (C=O) groups is 2. The van der Waals surface area contributed by atoms with Crippen LogP contribution in [0.4, 0.5) is 10.1 Å². The van der Waals surface area contributed by atoms with E-state index in [1.165, 1.54) is 12.1 Å². The van der Waals surface area contributed by atoms with Gasteiger partial charge in [-0.05, 0) is 62.8 Å². The molecule has 6 nitrogen and oxygen atoms in total. The van der Waals surface area contributed by atoms with Crippen LogP contribution in [-0.4, -0.2) is 50.1 Å². The van der Waals surface area contributed by atoms with E-state index in [9.17, 15) is 14.0 Å². The second-order valence-electron chi connectivity index (χ2n) is 7.32. The van der Waals surface area contributed by atoms with Crippen LogP contribution in [0.5, 0.6) is 0 Å². The van der Waals surface area contributed by atoms with E-state index in [0.717, 1.165) is 12.0 Å². The lowest BCUT2D eigenvalue weighted by Gasteiger charge is -2.25. The average Bonchev–Trinajstić information content (AvgIpc) is 3.23. The first-order valence-corrected chi connectivity index (χ1v) is 9.66. The van der Waals surface area contributed by atoms with E-state index in [-0.39, 0.29) is 23.7 Å². The van der Waals surface area contributed by atoms with Gasteiger partial charge >= 0.3 is 0 Å². The molecule has 2 unspecified atom stereocenters. The monoisotopic (exact) mass is 399 g/mol. The summed E-state index contributed by atoms with van der Waals surface area (Å²) in [7, 11) is 3.76. The summed E-state index contributed by atoms with van der Waals surface area (Å²) < 4.78 is 18.9. The summed E-state index contributed by atoms with van der Waals surface area (Å²) in [5, 5.41) is 5.69. The molecule has 0 aliphatic carbocycles. The fraction of sp³-hybridized carbons (Fsp3) is 0.364. The lowest BCUT2D eigenvalue weighted by atomic mass is 10.1. The van der Waals surface area contributed by atoms with Gasteiger partial charge in [-0.2, -0.15) is 0 Å². The highest BCUT2D eigenvalue weighted by Gasteiger charge is 2.23. The zero-order valence-corrected chi connectivity index (χ0v) is 16.7. The van der Waals surface area contributed by atoms with Crippen molar-refractivity contribution in [3.63, 3.8) is 0 Å². The molecule has 2 atom stereocenters. The molecule has 0 spiro atoms. The Bertz CT molecular complexity index is 866. The molecule has 1 fully saturated rings. The molecule has 1 saturated heterocycles. The Kier molecular flexibility index (Phi) is 6.95. The molecule has 1 aliphatic heterocycles. The first-order valence-electron chi connectivity index (χ1n) is 9.66. The van der Waals surface area contributed by atoms with Gasteiger partial charge in [-0.1, -0.05) is 18.2 Å². The Morgan fingerprint density at radius 3 is 2.69 bits per heavy atom. The fourth-order valence-corrected chi connectivity index (χ4v) is 3.35. The third-order valence-electron chi connectivity index (χ3n) is 4.93. The number of ether oxygens (including phenoxy) is 1. The molecule has 3 rings (SSSR count). The van der Waals surface area contributed by atoms with Crippen molar-refractivity contribution in [3.05, 3.63) is 65.5 Å². The molecule has 1 aliphatic rings. The molecule has 2 aromatic carbocycles. The molecule has 7 heteroatoms. The van der Waals surface area contributed by atoms with Crippen LogP contribution < -0.4 is 10.6 Å². The van der Waals surface area contributed by atoms with Crippen molar-refractivity contribution in [1.82, 2.24) is 10.2 Å². The highest BCUT2D eigenvalue weighted by Crippen LogP contribution is 2.19. The molecule has 0 saturated carbocycles. The fourth-order valence-electron chi connectivity index (χ4n) is 3.35. The summed E-state index contributed by atoms with van der Waals surface area (Å²) in [4.78, 5) is 26.7. The largest absolute Gasteiger partial charge is 0.368 e. The third-order valence-corrected chi connectivity index (χ3v) is 4.93. The molecule has 1 heterocycles. The number of hydrogen-bond acceptors (Lipinski definition) is 4. The van der Waals surface area contributed by atoms with E-state index < -0.39 is 6.10 Å². The van der Waals surface area contributed by atoms with Crippen molar-refractivity contribution in [1.29, 1.82) is 0 Å². The second kappa shape index (κ2) is 9.62. The van der Waals surface area contributed by atoms with Gasteiger partial charge in [-0.3, -0.25) is 9.59 Å². The molecular weight excluding hydrogens is 373 g/mol. The normalized spacial score (nSPS) is 17.2. The maximum Gasteiger partial charge on any atom is 0.253 e. The molecule has 2 amide bonds. The Hall–Kier alpha value is -2.77. The van der Waals surface area contributed by atoms with Crippen LogP contribution in [0.2, 0.25) is 0 Å². The molecule has 0 radical (unpaired) electrons. The van der Waals surface area contributed by atoms with Crippen LogP contribution >= 0.6 is 0 Å². The number of nitrogens with one attached hydrogen (secondary N) is 2. The second-order valence-corrected chi connectivity index (χ2v) is 7.32. The number of hydrogen-bond donors (Lipinski definition) is 2. The maximum atomic E-state index is 13.6. The predicted octanol–water partition coefficient (Wildman–Crippen LogP) is 2.98. The Balaban J connectivity index is 1.63. The summed E-state index contributed by atoms with van der Waals surface area (Å²) >= 11 is 0. The van der Waals surface area contributed by atoms with Gasteiger partial charge in [-0.25, -0.2) is 4.39 Å². The minimum Gasteiger partial charge on any atom is -0.368 e. The first-order chi connectivity index (χ1) is 13.9. The minimum absolute atomic E-state index is 0.169. The van der Waals surface area contributed by atoms with E-state index in [1.807, 2.05) is 25.1 Å². The zero-order valence-electron chi connectivity index (χ0n) is 16.7. The molecule has 0 aromatic heterocycles. The van der Waals surface area contributed by atoms with Crippen LogP contribution in [0.1, 0.15) is 34.8 Å². The summed E-state index contributed by atoms with van der Waals surface area (Å²) in [5.74, 6) is -0.768. The standard InChI is InChI=1S/C22H26FN3O3/c1-26(2)19(15-6-3-8-17(23)12-15)14-24-21(27)16-7-4-9-18(13-16)25-22(28)20-10-5-11-29-20/h3-4,6-9,12-13,19-20H,5,10-11,14H2,1-2H3,(H,24,27)(H,25,28). The van der Waals surface area contributed by atoms with Crippen LogP contribution in [-0.2, 0) is 9.53 Å². The maximum absolute atomic E-state index is 13.6. The van der Waals surface area contributed by atoms with Gasteiger partial charge in [0.1, 0.15) is 11.9 Å². The van der Waals surface area contributed by atoms with Crippen molar-refractivity contribution >= 4 is 17.5 Å². The van der Waals surface area contributed by atoms with E-state index in [4.69, 9.17) is 4.74 Å².